The topological polar surface area (TPSA) is 67.4 Å². The van der Waals surface area contributed by atoms with Gasteiger partial charge in [0.15, 0.2) is 0 Å². The van der Waals surface area contributed by atoms with Gasteiger partial charge in [0.05, 0.1) is 6.04 Å². The Hall–Kier alpha value is -1.56. The highest BCUT2D eigenvalue weighted by molar-refractivity contribution is 6.28. The second kappa shape index (κ2) is 6.69. The Morgan fingerprint density at radius 2 is 2.27 bits per heavy atom. The van der Waals surface area contributed by atoms with Gasteiger partial charge in [-0.2, -0.15) is 0 Å². The van der Waals surface area contributed by atoms with Crippen LogP contribution in [0.4, 0.5) is 10.6 Å². The molecule has 2 rings (SSSR count). The van der Waals surface area contributed by atoms with Crippen molar-refractivity contribution in [2.24, 2.45) is 0 Å². The normalized spacial score (nSPS) is 18.4. The Labute approximate surface area is 136 Å². The molecule has 6 nitrogen and oxygen atoms in total. The van der Waals surface area contributed by atoms with E-state index < -0.39 is 5.60 Å². The molecular formula is C15H23ClN4O2. The van der Waals surface area contributed by atoms with Gasteiger partial charge in [-0.15, -0.1) is 0 Å². The summed E-state index contributed by atoms with van der Waals surface area (Å²) in [6.45, 7) is 8.89. The highest BCUT2D eigenvalue weighted by Gasteiger charge is 2.32. The maximum atomic E-state index is 12.2. The molecule has 1 aromatic heterocycles. The number of nitrogens with zero attached hydrogens (tertiary/aromatic N) is 3. The molecule has 1 saturated heterocycles. The largest absolute Gasteiger partial charge is 0.444 e. The maximum Gasteiger partial charge on any atom is 0.410 e. The fraction of sp³-hybridized carbons (Fsp3) is 0.667. The molecule has 0 unspecified atom stereocenters. The van der Waals surface area contributed by atoms with E-state index in [0.29, 0.717) is 12.4 Å². The standard InChI is InChI=1S/C15H23ClN4O2/c1-10-8-18-13(16)19-12(10)17-9-11-6-5-7-20(11)14(21)22-15(2,3)4/h8,11H,5-7,9H2,1-4H3,(H,17,18,19)/t11-/m1/s1. The second-order valence-electron chi connectivity index (χ2n) is 6.52. The van der Waals surface area contributed by atoms with E-state index in [1.165, 1.54) is 0 Å². The van der Waals surface area contributed by atoms with Crippen LogP contribution in [0.25, 0.3) is 0 Å². The molecule has 1 aliphatic heterocycles. The molecule has 1 aliphatic rings. The Bertz CT molecular complexity index is 545. The van der Waals surface area contributed by atoms with Crippen LogP contribution >= 0.6 is 11.6 Å². The molecule has 0 saturated carbocycles. The van der Waals surface area contributed by atoms with E-state index in [0.717, 1.165) is 24.9 Å². The third-order valence-electron chi connectivity index (χ3n) is 3.45. The van der Waals surface area contributed by atoms with Crippen molar-refractivity contribution in [3.05, 3.63) is 17.0 Å². The molecule has 1 amide bonds. The Kier molecular flexibility index (Phi) is 5.11. The lowest BCUT2D eigenvalue weighted by atomic mass is 10.2. The third-order valence-corrected chi connectivity index (χ3v) is 3.63. The molecule has 0 spiro atoms. The zero-order valence-corrected chi connectivity index (χ0v) is 14.3. The first-order chi connectivity index (χ1) is 10.3. The first-order valence-corrected chi connectivity index (χ1v) is 7.87. The van der Waals surface area contributed by atoms with Crippen molar-refractivity contribution in [1.29, 1.82) is 0 Å². The molecule has 2 heterocycles. The van der Waals surface area contributed by atoms with Crippen molar-refractivity contribution in [2.45, 2.75) is 52.2 Å². The van der Waals surface area contributed by atoms with Crippen molar-refractivity contribution >= 4 is 23.5 Å². The number of aryl methyl sites for hydroxylation is 1. The molecule has 22 heavy (non-hydrogen) atoms. The number of amides is 1. The van der Waals surface area contributed by atoms with Gasteiger partial charge in [-0.3, -0.25) is 0 Å². The monoisotopic (exact) mass is 326 g/mol. The lowest BCUT2D eigenvalue weighted by molar-refractivity contribution is 0.0235. The lowest BCUT2D eigenvalue weighted by Gasteiger charge is -2.28. The number of aromatic nitrogens is 2. The van der Waals surface area contributed by atoms with Crippen LogP contribution in [0.5, 0.6) is 0 Å². The van der Waals surface area contributed by atoms with Gasteiger partial charge in [0.25, 0.3) is 0 Å². The number of nitrogens with one attached hydrogen (secondary N) is 1. The zero-order chi connectivity index (χ0) is 16.3. The second-order valence-corrected chi connectivity index (χ2v) is 6.86. The Morgan fingerprint density at radius 3 is 2.95 bits per heavy atom. The van der Waals surface area contributed by atoms with Crippen molar-refractivity contribution in [2.75, 3.05) is 18.4 Å². The molecule has 7 heteroatoms. The highest BCUT2D eigenvalue weighted by Crippen LogP contribution is 2.22. The number of hydrogen-bond donors (Lipinski definition) is 1. The molecule has 0 bridgehead atoms. The van der Waals surface area contributed by atoms with Crippen LogP contribution in [0.3, 0.4) is 0 Å². The summed E-state index contributed by atoms with van der Waals surface area (Å²) in [5.41, 5.74) is 0.445. The number of carbonyl (C=O) groups is 1. The average Bonchev–Trinajstić information content (AvgIpc) is 2.86. The van der Waals surface area contributed by atoms with Crippen LogP contribution in [0.2, 0.25) is 5.28 Å². The van der Waals surface area contributed by atoms with E-state index in [-0.39, 0.29) is 17.4 Å². The van der Waals surface area contributed by atoms with Crippen molar-refractivity contribution in [1.82, 2.24) is 14.9 Å². The predicted molar refractivity (Wildman–Crippen MR) is 86.2 cm³/mol. The van der Waals surface area contributed by atoms with Gasteiger partial charge >= 0.3 is 6.09 Å². The number of ether oxygens (including phenoxy) is 1. The molecule has 1 N–H and O–H groups in total. The van der Waals surface area contributed by atoms with Gasteiger partial charge < -0.3 is 15.0 Å². The minimum absolute atomic E-state index is 0.1000. The number of halogens is 1. The summed E-state index contributed by atoms with van der Waals surface area (Å²) in [7, 11) is 0. The number of anilines is 1. The fourth-order valence-electron chi connectivity index (χ4n) is 2.42. The molecule has 1 aromatic rings. The minimum atomic E-state index is -0.478. The first kappa shape index (κ1) is 16.8. The van der Waals surface area contributed by atoms with E-state index in [9.17, 15) is 4.79 Å². The van der Waals surface area contributed by atoms with Gasteiger partial charge in [-0.25, -0.2) is 14.8 Å². The third kappa shape index (κ3) is 4.47. The Morgan fingerprint density at radius 1 is 1.55 bits per heavy atom. The molecule has 1 atom stereocenters. The van der Waals surface area contributed by atoms with E-state index in [1.807, 2.05) is 27.7 Å². The number of likely N-dealkylation sites (tertiary alicyclic amines) is 1. The minimum Gasteiger partial charge on any atom is -0.444 e. The summed E-state index contributed by atoms with van der Waals surface area (Å²) in [6.07, 6.45) is 3.35. The number of rotatable bonds is 3. The fourth-order valence-corrected chi connectivity index (χ4v) is 2.56. The van der Waals surface area contributed by atoms with Crippen LogP contribution in [0.1, 0.15) is 39.2 Å². The summed E-state index contributed by atoms with van der Waals surface area (Å²) in [4.78, 5) is 22.1. The summed E-state index contributed by atoms with van der Waals surface area (Å²) >= 11 is 5.82. The first-order valence-electron chi connectivity index (χ1n) is 7.49. The molecular weight excluding hydrogens is 304 g/mol. The quantitative estimate of drug-likeness (QED) is 0.864. The van der Waals surface area contributed by atoms with Crippen LogP contribution in [0, 0.1) is 6.92 Å². The van der Waals surface area contributed by atoms with Crippen molar-refractivity contribution < 1.29 is 9.53 Å². The van der Waals surface area contributed by atoms with Gasteiger partial charge in [-0.05, 0) is 52.1 Å². The smallest absolute Gasteiger partial charge is 0.410 e. The SMILES string of the molecule is Cc1cnc(Cl)nc1NC[C@H]1CCCN1C(=O)OC(C)(C)C. The highest BCUT2D eigenvalue weighted by atomic mass is 35.5. The van der Waals surface area contributed by atoms with E-state index in [1.54, 1.807) is 11.1 Å². The molecule has 0 aliphatic carbocycles. The predicted octanol–water partition coefficient (Wildman–Crippen LogP) is 3.25. The Balaban J connectivity index is 1.97. The van der Waals surface area contributed by atoms with Crippen LogP contribution in [-0.2, 0) is 4.74 Å². The van der Waals surface area contributed by atoms with Crippen LogP contribution < -0.4 is 5.32 Å². The van der Waals surface area contributed by atoms with Gasteiger partial charge in [0.2, 0.25) is 5.28 Å². The van der Waals surface area contributed by atoms with E-state index >= 15 is 0 Å². The average molecular weight is 327 g/mol. The molecule has 1 fully saturated rings. The van der Waals surface area contributed by atoms with E-state index in [4.69, 9.17) is 16.3 Å². The molecule has 0 aromatic carbocycles. The van der Waals surface area contributed by atoms with Crippen LogP contribution in [-0.4, -0.2) is 45.7 Å². The number of carbonyl (C=O) groups excluding carboxylic acids is 1. The zero-order valence-electron chi connectivity index (χ0n) is 13.5. The number of hydrogen-bond acceptors (Lipinski definition) is 5. The summed E-state index contributed by atoms with van der Waals surface area (Å²) in [5.74, 6) is 0.705. The summed E-state index contributed by atoms with van der Waals surface area (Å²) in [6, 6.07) is 0.1000. The van der Waals surface area contributed by atoms with Gasteiger partial charge in [-0.1, -0.05) is 0 Å². The van der Waals surface area contributed by atoms with Crippen LogP contribution in [0.15, 0.2) is 6.20 Å². The molecule has 122 valence electrons. The summed E-state index contributed by atoms with van der Waals surface area (Å²) < 4.78 is 5.46. The maximum absolute atomic E-state index is 12.2. The van der Waals surface area contributed by atoms with Crippen molar-refractivity contribution in [3.8, 4) is 0 Å². The van der Waals surface area contributed by atoms with Gasteiger partial charge in [0.1, 0.15) is 11.4 Å². The van der Waals surface area contributed by atoms with E-state index in [2.05, 4.69) is 15.3 Å². The van der Waals surface area contributed by atoms with Crippen molar-refractivity contribution in [3.63, 3.8) is 0 Å². The lowest BCUT2D eigenvalue weighted by Crippen LogP contribution is -2.42. The van der Waals surface area contributed by atoms with Gasteiger partial charge in [0, 0.05) is 24.8 Å². The summed E-state index contributed by atoms with van der Waals surface area (Å²) in [5, 5.41) is 3.47. The molecule has 0 radical (unpaired) electrons.